The van der Waals surface area contributed by atoms with Gasteiger partial charge in [-0.05, 0) is 12.3 Å². The lowest BCUT2D eigenvalue weighted by molar-refractivity contribution is -0.141. The normalized spacial score (nSPS) is 20.3. The van der Waals surface area contributed by atoms with Crippen LogP contribution in [0.3, 0.4) is 0 Å². The third kappa shape index (κ3) is 5.09. The number of hydrogen-bond donors (Lipinski definition) is 2. The zero-order valence-corrected chi connectivity index (χ0v) is 12.4. The van der Waals surface area contributed by atoms with Gasteiger partial charge in [0.25, 0.3) is 0 Å². The molecule has 19 heavy (non-hydrogen) atoms. The van der Waals surface area contributed by atoms with Crippen LogP contribution in [0.2, 0.25) is 0 Å². The fourth-order valence-electron chi connectivity index (χ4n) is 2.61. The average Bonchev–Trinajstić information content (AvgIpc) is 2.35. The van der Waals surface area contributed by atoms with Crippen LogP contribution in [0.4, 0.5) is 0 Å². The molecular formula is C14H28N2O3. The Balaban J connectivity index is 2.55. The molecule has 112 valence electrons. The SMILES string of the molecule is CC(C)CC(CN)C(=O)N(C)CC1(O)CCOCC1. The van der Waals surface area contributed by atoms with Crippen molar-refractivity contribution in [3.8, 4) is 0 Å². The first-order valence-electron chi connectivity index (χ1n) is 7.13. The van der Waals surface area contributed by atoms with Crippen LogP contribution in [0.25, 0.3) is 0 Å². The number of carbonyl (C=O) groups excluding carboxylic acids is 1. The van der Waals surface area contributed by atoms with Gasteiger partial charge in [-0.15, -0.1) is 0 Å². The number of nitrogens with two attached hydrogens (primary N) is 1. The Hall–Kier alpha value is -0.650. The van der Waals surface area contributed by atoms with Crippen LogP contribution in [-0.4, -0.2) is 54.9 Å². The second kappa shape index (κ2) is 7.22. The number of rotatable bonds is 6. The monoisotopic (exact) mass is 272 g/mol. The summed E-state index contributed by atoms with van der Waals surface area (Å²) in [5.41, 5.74) is 4.89. The predicted molar refractivity (Wildman–Crippen MR) is 74.6 cm³/mol. The summed E-state index contributed by atoms with van der Waals surface area (Å²) in [5.74, 6) is 0.335. The van der Waals surface area contributed by atoms with Crippen LogP contribution in [0.5, 0.6) is 0 Å². The Morgan fingerprint density at radius 1 is 1.42 bits per heavy atom. The highest BCUT2D eigenvalue weighted by atomic mass is 16.5. The molecule has 0 aromatic heterocycles. The van der Waals surface area contributed by atoms with E-state index in [9.17, 15) is 9.90 Å². The largest absolute Gasteiger partial charge is 0.388 e. The highest BCUT2D eigenvalue weighted by Gasteiger charge is 2.33. The van der Waals surface area contributed by atoms with Gasteiger partial charge in [-0.25, -0.2) is 0 Å². The van der Waals surface area contributed by atoms with E-state index in [0.717, 1.165) is 6.42 Å². The van der Waals surface area contributed by atoms with Crippen LogP contribution in [0.1, 0.15) is 33.1 Å². The lowest BCUT2D eigenvalue weighted by Gasteiger charge is -2.36. The summed E-state index contributed by atoms with van der Waals surface area (Å²) in [6.07, 6.45) is 1.96. The molecule has 1 unspecified atom stereocenters. The van der Waals surface area contributed by atoms with E-state index in [1.807, 2.05) is 0 Å². The molecule has 0 aliphatic carbocycles. The average molecular weight is 272 g/mol. The fourth-order valence-corrected chi connectivity index (χ4v) is 2.61. The molecule has 1 saturated heterocycles. The summed E-state index contributed by atoms with van der Waals surface area (Å²) in [6, 6.07) is 0. The van der Waals surface area contributed by atoms with Crippen molar-refractivity contribution in [1.82, 2.24) is 4.90 Å². The van der Waals surface area contributed by atoms with E-state index >= 15 is 0 Å². The van der Waals surface area contributed by atoms with Gasteiger partial charge >= 0.3 is 0 Å². The molecule has 1 atom stereocenters. The molecule has 0 aromatic carbocycles. The topological polar surface area (TPSA) is 75.8 Å². The summed E-state index contributed by atoms with van der Waals surface area (Å²) in [6.45, 7) is 6.02. The number of ether oxygens (including phenoxy) is 1. The Kier molecular flexibility index (Phi) is 6.23. The molecule has 1 rings (SSSR count). The maximum absolute atomic E-state index is 12.3. The zero-order valence-electron chi connectivity index (χ0n) is 12.4. The molecule has 1 amide bonds. The van der Waals surface area contributed by atoms with Crippen molar-refractivity contribution in [3.63, 3.8) is 0 Å². The number of nitrogens with zero attached hydrogens (tertiary/aromatic N) is 1. The molecule has 1 aliphatic heterocycles. The molecule has 1 aliphatic rings. The third-order valence-corrected chi connectivity index (χ3v) is 3.72. The Morgan fingerprint density at radius 3 is 2.47 bits per heavy atom. The minimum absolute atomic E-state index is 0.0381. The third-order valence-electron chi connectivity index (χ3n) is 3.72. The summed E-state index contributed by atoms with van der Waals surface area (Å²) in [4.78, 5) is 14.0. The second-order valence-corrected chi connectivity index (χ2v) is 6.09. The number of likely N-dealkylation sites (N-methyl/N-ethyl adjacent to an activating group) is 1. The predicted octanol–water partition coefficient (Wildman–Crippen LogP) is 0.607. The summed E-state index contributed by atoms with van der Waals surface area (Å²) in [5, 5.41) is 10.4. The Labute approximate surface area is 116 Å². The van der Waals surface area contributed by atoms with Gasteiger partial charge in [0.15, 0.2) is 0 Å². The van der Waals surface area contributed by atoms with Gasteiger partial charge in [-0.3, -0.25) is 4.79 Å². The van der Waals surface area contributed by atoms with Gasteiger partial charge < -0.3 is 20.5 Å². The van der Waals surface area contributed by atoms with Crippen molar-refractivity contribution in [1.29, 1.82) is 0 Å². The van der Waals surface area contributed by atoms with E-state index in [1.165, 1.54) is 0 Å². The highest BCUT2D eigenvalue weighted by molar-refractivity contribution is 5.78. The van der Waals surface area contributed by atoms with Gasteiger partial charge in [0.1, 0.15) is 0 Å². The van der Waals surface area contributed by atoms with Gasteiger partial charge in [0.05, 0.1) is 11.5 Å². The first-order chi connectivity index (χ1) is 8.88. The van der Waals surface area contributed by atoms with Crippen molar-refractivity contribution in [3.05, 3.63) is 0 Å². The van der Waals surface area contributed by atoms with Crippen LogP contribution in [-0.2, 0) is 9.53 Å². The van der Waals surface area contributed by atoms with E-state index < -0.39 is 5.60 Å². The smallest absolute Gasteiger partial charge is 0.226 e. The van der Waals surface area contributed by atoms with Crippen molar-refractivity contribution in [2.75, 3.05) is 33.4 Å². The lowest BCUT2D eigenvalue weighted by atomic mass is 9.92. The molecule has 1 heterocycles. The first kappa shape index (κ1) is 16.4. The van der Waals surface area contributed by atoms with Crippen LogP contribution < -0.4 is 5.73 Å². The maximum atomic E-state index is 12.3. The number of aliphatic hydroxyl groups is 1. The Bertz CT molecular complexity index is 288. The summed E-state index contributed by atoms with van der Waals surface area (Å²) < 4.78 is 5.24. The van der Waals surface area contributed by atoms with Crippen LogP contribution in [0.15, 0.2) is 0 Å². The van der Waals surface area contributed by atoms with Gasteiger partial charge in [-0.1, -0.05) is 13.8 Å². The van der Waals surface area contributed by atoms with Gasteiger partial charge in [-0.2, -0.15) is 0 Å². The van der Waals surface area contributed by atoms with Crippen molar-refractivity contribution < 1.29 is 14.6 Å². The molecule has 0 saturated carbocycles. The van der Waals surface area contributed by atoms with E-state index in [4.69, 9.17) is 10.5 Å². The molecule has 1 fully saturated rings. The number of carbonyl (C=O) groups is 1. The van der Waals surface area contributed by atoms with Gasteiger partial charge in [0.2, 0.25) is 5.91 Å². The van der Waals surface area contributed by atoms with Crippen LogP contribution in [0, 0.1) is 11.8 Å². The minimum Gasteiger partial charge on any atom is -0.388 e. The quantitative estimate of drug-likeness (QED) is 0.743. The van der Waals surface area contributed by atoms with E-state index in [0.29, 0.717) is 45.1 Å². The molecule has 0 spiro atoms. The van der Waals surface area contributed by atoms with Crippen molar-refractivity contribution in [2.24, 2.45) is 17.6 Å². The summed E-state index contributed by atoms with van der Waals surface area (Å²) >= 11 is 0. The maximum Gasteiger partial charge on any atom is 0.226 e. The first-order valence-corrected chi connectivity index (χ1v) is 7.13. The van der Waals surface area contributed by atoms with Crippen molar-refractivity contribution >= 4 is 5.91 Å². The Morgan fingerprint density at radius 2 is 2.00 bits per heavy atom. The molecule has 5 heteroatoms. The van der Waals surface area contributed by atoms with Crippen molar-refractivity contribution in [2.45, 2.75) is 38.7 Å². The highest BCUT2D eigenvalue weighted by Crippen LogP contribution is 2.22. The molecule has 3 N–H and O–H groups in total. The fraction of sp³-hybridized carbons (Fsp3) is 0.929. The van der Waals surface area contributed by atoms with Gasteiger partial charge in [0, 0.05) is 46.2 Å². The minimum atomic E-state index is -0.806. The molecule has 0 bridgehead atoms. The van der Waals surface area contributed by atoms with E-state index in [-0.39, 0.29) is 11.8 Å². The second-order valence-electron chi connectivity index (χ2n) is 6.09. The number of amides is 1. The van der Waals surface area contributed by atoms with E-state index in [1.54, 1.807) is 11.9 Å². The lowest BCUT2D eigenvalue weighted by Crippen LogP contribution is -2.49. The standard InChI is InChI=1S/C14H28N2O3/c1-11(2)8-12(9-15)13(17)16(3)10-14(18)4-6-19-7-5-14/h11-12,18H,4-10,15H2,1-3H3. The van der Waals surface area contributed by atoms with Crippen LogP contribution >= 0.6 is 0 Å². The molecular weight excluding hydrogens is 244 g/mol. The molecule has 5 nitrogen and oxygen atoms in total. The molecule has 0 radical (unpaired) electrons. The summed E-state index contributed by atoms with van der Waals surface area (Å²) in [7, 11) is 1.75. The number of hydrogen-bond acceptors (Lipinski definition) is 4. The van der Waals surface area contributed by atoms with E-state index in [2.05, 4.69) is 13.8 Å². The molecule has 0 aromatic rings. The zero-order chi connectivity index (χ0) is 14.5.